The molecule has 0 aliphatic rings. The Morgan fingerprint density at radius 2 is 1.87 bits per heavy atom. The minimum Gasteiger partial charge on any atom is -0.395 e. The zero-order valence-corrected chi connectivity index (χ0v) is 13.7. The first-order chi connectivity index (χ1) is 11.2. The number of carbonyl (C=O) groups excluding carboxylic acids is 1. The molecule has 0 bridgehead atoms. The van der Waals surface area contributed by atoms with Gasteiger partial charge in [-0.25, -0.2) is 0 Å². The van der Waals surface area contributed by atoms with E-state index in [0.29, 0.717) is 5.56 Å². The number of hydrogen-bond acceptors (Lipinski definition) is 3. The summed E-state index contributed by atoms with van der Waals surface area (Å²) in [4.78, 5) is 12.2. The minimum absolute atomic E-state index is 0.0609. The van der Waals surface area contributed by atoms with Crippen LogP contribution in [-0.4, -0.2) is 24.2 Å². The van der Waals surface area contributed by atoms with Gasteiger partial charge in [-0.15, -0.1) is 0 Å². The number of aliphatic hydroxyl groups is 1. The standard InChI is InChI=1S/C19H24N2O2/c1-3-17(15-8-5-4-6-9-15)21-18-11-7-10-16(14(18)2)19(23)20-12-13-22/h4-11,17,21-22H,3,12-13H2,1-2H3,(H,20,23). The molecule has 0 heterocycles. The van der Waals surface area contributed by atoms with E-state index in [-0.39, 0.29) is 25.1 Å². The number of anilines is 1. The van der Waals surface area contributed by atoms with Gasteiger partial charge in [0.15, 0.2) is 0 Å². The molecule has 0 aliphatic heterocycles. The number of aliphatic hydroxyl groups excluding tert-OH is 1. The van der Waals surface area contributed by atoms with Crippen molar-refractivity contribution in [3.63, 3.8) is 0 Å². The first-order valence-corrected chi connectivity index (χ1v) is 7.97. The van der Waals surface area contributed by atoms with Gasteiger partial charge in [0.1, 0.15) is 0 Å². The van der Waals surface area contributed by atoms with Gasteiger partial charge in [0.25, 0.3) is 5.91 Å². The third kappa shape index (κ3) is 4.33. The molecular formula is C19H24N2O2. The molecule has 1 amide bonds. The lowest BCUT2D eigenvalue weighted by Gasteiger charge is -2.21. The first-order valence-electron chi connectivity index (χ1n) is 7.97. The van der Waals surface area contributed by atoms with Crippen LogP contribution in [0.4, 0.5) is 5.69 Å². The Hall–Kier alpha value is -2.33. The van der Waals surface area contributed by atoms with Gasteiger partial charge in [-0.3, -0.25) is 4.79 Å². The van der Waals surface area contributed by atoms with Crippen molar-refractivity contribution >= 4 is 11.6 Å². The van der Waals surface area contributed by atoms with Crippen LogP contribution < -0.4 is 10.6 Å². The Balaban J connectivity index is 2.21. The lowest BCUT2D eigenvalue weighted by Crippen LogP contribution is -2.27. The topological polar surface area (TPSA) is 61.4 Å². The molecule has 0 saturated heterocycles. The zero-order valence-electron chi connectivity index (χ0n) is 13.7. The van der Waals surface area contributed by atoms with Gasteiger partial charge in [-0.05, 0) is 36.6 Å². The quantitative estimate of drug-likeness (QED) is 0.735. The van der Waals surface area contributed by atoms with Gasteiger partial charge < -0.3 is 15.7 Å². The summed E-state index contributed by atoms with van der Waals surface area (Å²) < 4.78 is 0. The second-order valence-electron chi connectivity index (χ2n) is 5.47. The van der Waals surface area contributed by atoms with Crippen molar-refractivity contribution in [3.05, 3.63) is 65.2 Å². The third-order valence-electron chi connectivity index (χ3n) is 3.92. The molecule has 0 saturated carbocycles. The molecule has 2 aromatic carbocycles. The third-order valence-corrected chi connectivity index (χ3v) is 3.92. The number of benzene rings is 2. The highest BCUT2D eigenvalue weighted by molar-refractivity contribution is 5.97. The van der Waals surface area contributed by atoms with E-state index in [0.717, 1.165) is 17.7 Å². The van der Waals surface area contributed by atoms with E-state index in [2.05, 4.69) is 29.7 Å². The monoisotopic (exact) mass is 312 g/mol. The van der Waals surface area contributed by atoms with Gasteiger partial charge in [0.05, 0.1) is 12.6 Å². The van der Waals surface area contributed by atoms with Crippen LogP contribution in [-0.2, 0) is 0 Å². The van der Waals surface area contributed by atoms with Crippen LogP contribution >= 0.6 is 0 Å². The smallest absolute Gasteiger partial charge is 0.251 e. The second kappa shape index (κ2) is 8.34. The van der Waals surface area contributed by atoms with Gasteiger partial charge in [-0.1, -0.05) is 43.3 Å². The molecule has 0 spiro atoms. The maximum atomic E-state index is 12.2. The molecule has 0 aliphatic carbocycles. The van der Waals surface area contributed by atoms with Crippen molar-refractivity contribution in [2.75, 3.05) is 18.5 Å². The van der Waals surface area contributed by atoms with Crippen LogP contribution in [0.5, 0.6) is 0 Å². The zero-order chi connectivity index (χ0) is 16.7. The summed E-state index contributed by atoms with van der Waals surface area (Å²) >= 11 is 0. The molecule has 4 heteroatoms. The van der Waals surface area contributed by atoms with Crippen molar-refractivity contribution in [3.8, 4) is 0 Å². The first kappa shape index (κ1) is 17.0. The van der Waals surface area contributed by atoms with Crippen LogP contribution in [0.3, 0.4) is 0 Å². The van der Waals surface area contributed by atoms with E-state index < -0.39 is 0 Å². The molecule has 0 aromatic heterocycles. The number of carbonyl (C=O) groups is 1. The average Bonchev–Trinajstić information content (AvgIpc) is 2.59. The SMILES string of the molecule is CCC(Nc1cccc(C(=O)NCCO)c1C)c1ccccc1. The van der Waals surface area contributed by atoms with E-state index in [1.54, 1.807) is 6.07 Å². The largest absolute Gasteiger partial charge is 0.395 e. The summed E-state index contributed by atoms with van der Waals surface area (Å²) in [6.07, 6.45) is 0.949. The molecule has 1 atom stereocenters. The number of rotatable bonds is 7. The van der Waals surface area contributed by atoms with E-state index in [9.17, 15) is 4.79 Å². The van der Waals surface area contributed by atoms with E-state index in [1.807, 2.05) is 37.3 Å². The molecule has 122 valence electrons. The molecule has 2 rings (SSSR count). The van der Waals surface area contributed by atoms with Crippen LogP contribution in [0.1, 0.15) is 40.9 Å². The average molecular weight is 312 g/mol. The molecule has 2 aromatic rings. The Morgan fingerprint density at radius 1 is 1.13 bits per heavy atom. The highest BCUT2D eigenvalue weighted by atomic mass is 16.3. The highest BCUT2D eigenvalue weighted by Gasteiger charge is 2.14. The van der Waals surface area contributed by atoms with Crippen molar-refractivity contribution in [2.45, 2.75) is 26.3 Å². The van der Waals surface area contributed by atoms with Gasteiger partial charge in [0.2, 0.25) is 0 Å². The predicted octanol–water partition coefficient (Wildman–Crippen LogP) is 3.28. The van der Waals surface area contributed by atoms with Crippen LogP contribution in [0.2, 0.25) is 0 Å². The maximum Gasteiger partial charge on any atom is 0.251 e. The number of hydrogen-bond donors (Lipinski definition) is 3. The fraction of sp³-hybridized carbons (Fsp3) is 0.316. The molecule has 0 fully saturated rings. The van der Waals surface area contributed by atoms with Gasteiger partial charge in [0, 0.05) is 17.8 Å². The van der Waals surface area contributed by atoms with Gasteiger partial charge >= 0.3 is 0 Å². The molecule has 1 unspecified atom stereocenters. The second-order valence-corrected chi connectivity index (χ2v) is 5.47. The molecule has 0 radical (unpaired) electrons. The fourth-order valence-corrected chi connectivity index (χ4v) is 2.60. The summed E-state index contributed by atoms with van der Waals surface area (Å²) in [6.45, 7) is 4.28. The minimum atomic E-state index is -0.159. The van der Waals surface area contributed by atoms with Crippen molar-refractivity contribution in [1.29, 1.82) is 0 Å². The van der Waals surface area contributed by atoms with Crippen LogP contribution in [0.15, 0.2) is 48.5 Å². The Morgan fingerprint density at radius 3 is 2.52 bits per heavy atom. The van der Waals surface area contributed by atoms with E-state index >= 15 is 0 Å². The molecule has 4 nitrogen and oxygen atoms in total. The fourth-order valence-electron chi connectivity index (χ4n) is 2.60. The maximum absolute atomic E-state index is 12.2. The van der Waals surface area contributed by atoms with Gasteiger partial charge in [-0.2, -0.15) is 0 Å². The summed E-state index contributed by atoms with van der Waals surface area (Å²) in [7, 11) is 0. The van der Waals surface area contributed by atoms with Crippen molar-refractivity contribution < 1.29 is 9.90 Å². The number of nitrogens with one attached hydrogen (secondary N) is 2. The Kier molecular flexibility index (Phi) is 6.18. The summed E-state index contributed by atoms with van der Waals surface area (Å²) in [5.41, 5.74) is 3.73. The predicted molar refractivity (Wildman–Crippen MR) is 93.7 cm³/mol. The summed E-state index contributed by atoms with van der Waals surface area (Å²) in [5, 5.41) is 15.1. The van der Waals surface area contributed by atoms with E-state index in [1.165, 1.54) is 5.56 Å². The lowest BCUT2D eigenvalue weighted by atomic mass is 10.0. The molecule has 23 heavy (non-hydrogen) atoms. The Bertz CT molecular complexity index is 641. The van der Waals surface area contributed by atoms with Crippen LogP contribution in [0, 0.1) is 6.92 Å². The highest BCUT2D eigenvalue weighted by Crippen LogP contribution is 2.26. The van der Waals surface area contributed by atoms with E-state index in [4.69, 9.17) is 5.11 Å². The van der Waals surface area contributed by atoms with Crippen LogP contribution in [0.25, 0.3) is 0 Å². The normalized spacial score (nSPS) is 11.8. The van der Waals surface area contributed by atoms with Crippen molar-refractivity contribution in [1.82, 2.24) is 5.32 Å². The van der Waals surface area contributed by atoms with Crippen molar-refractivity contribution in [2.24, 2.45) is 0 Å². The summed E-state index contributed by atoms with van der Waals surface area (Å²) in [6, 6.07) is 16.2. The molecule has 3 N–H and O–H groups in total. The molecular weight excluding hydrogens is 288 g/mol. The number of amides is 1. The Labute approximate surface area is 137 Å². The summed E-state index contributed by atoms with van der Waals surface area (Å²) in [5.74, 6) is -0.159. The lowest BCUT2D eigenvalue weighted by molar-refractivity contribution is 0.0944.